The molecule has 1 unspecified atom stereocenters. The Morgan fingerprint density at radius 1 is 1.46 bits per heavy atom. The molecule has 2 aromatic heterocycles. The first-order chi connectivity index (χ1) is 11.3. The maximum Gasteiger partial charge on any atom is 0.435 e. The van der Waals surface area contributed by atoms with Gasteiger partial charge in [-0.05, 0) is 20.3 Å². The average molecular weight is 343 g/mol. The van der Waals surface area contributed by atoms with Crippen molar-refractivity contribution in [2.45, 2.75) is 38.9 Å². The van der Waals surface area contributed by atoms with Gasteiger partial charge in [-0.3, -0.25) is 9.48 Å². The van der Waals surface area contributed by atoms with Crippen LogP contribution < -0.4 is 0 Å². The van der Waals surface area contributed by atoms with Gasteiger partial charge in [-0.2, -0.15) is 23.3 Å². The summed E-state index contributed by atoms with van der Waals surface area (Å²) in [5, 5.41) is 7.17. The van der Waals surface area contributed by atoms with Gasteiger partial charge in [-0.15, -0.1) is 0 Å². The van der Waals surface area contributed by atoms with Crippen LogP contribution in [0.3, 0.4) is 0 Å². The molecule has 0 N–H and O–H groups in total. The summed E-state index contributed by atoms with van der Waals surface area (Å²) in [6.07, 6.45) is -2.96. The molecular formula is C14H16F3N5O2. The third-order valence-corrected chi connectivity index (χ3v) is 3.95. The molecule has 3 heterocycles. The lowest BCUT2D eigenvalue weighted by atomic mass is 10.1. The van der Waals surface area contributed by atoms with Crippen LogP contribution in [0.25, 0.3) is 0 Å². The molecule has 2 aromatic rings. The number of carbonyl (C=O) groups is 1. The second kappa shape index (κ2) is 5.91. The lowest BCUT2D eigenvalue weighted by molar-refractivity contribution is -0.141. The van der Waals surface area contributed by atoms with Gasteiger partial charge in [0.1, 0.15) is 0 Å². The highest BCUT2D eigenvalue weighted by molar-refractivity contribution is 5.95. The van der Waals surface area contributed by atoms with Crippen molar-refractivity contribution in [3.63, 3.8) is 0 Å². The smallest absolute Gasteiger partial charge is 0.339 e. The minimum Gasteiger partial charge on any atom is -0.339 e. The number of aryl methyl sites for hydroxylation is 2. The van der Waals surface area contributed by atoms with Gasteiger partial charge in [-0.1, -0.05) is 5.16 Å². The maximum absolute atomic E-state index is 13.1. The zero-order valence-electron chi connectivity index (χ0n) is 13.2. The molecule has 24 heavy (non-hydrogen) atoms. The van der Waals surface area contributed by atoms with Crippen LogP contribution in [0.2, 0.25) is 0 Å². The molecular weight excluding hydrogens is 327 g/mol. The quantitative estimate of drug-likeness (QED) is 0.854. The zero-order chi connectivity index (χ0) is 17.5. The van der Waals surface area contributed by atoms with Crippen molar-refractivity contribution in [3.05, 3.63) is 29.2 Å². The average Bonchev–Trinajstić information content (AvgIpc) is 3.24. The number of nitrogens with zero attached hydrogens (tertiary/aromatic N) is 5. The molecule has 1 aliphatic heterocycles. The van der Waals surface area contributed by atoms with Crippen LogP contribution in [-0.4, -0.2) is 43.8 Å². The van der Waals surface area contributed by atoms with Gasteiger partial charge in [-0.25, -0.2) is 0 Å². The van der Waals surface area contributed by atoms with E-state index in [0.717, 1.165) is 10.9 Å². The second-order valence-corrected chi connectivity index (χ2v) is 5.66. The zero-order valence-corrected chi connectivity index (χ0v) is 13.2. The van der Waals surface area contributed by atoms with Crippen LogP contribution in [-0.2, 0) is 12.7 Å². The van der Waals surface area contributed by atoms with E-state index in [2.05, 4.69) is 15.2 Å². The van der Waals surface area contributed by atoms with E-state index in [1.807, 2.05) is 0 Å². The highest BCUT2D eigenvalue weighted by Gasteiger charge is 2.41. The molecule has 7 nitrogen and oxygen atoms in total. The third-order valence-electron chi connectivity index (χ3n) is 3.95. The maximum atomic E-state index is 13.1. The number of hydrogen-bond acceptors (Lipinski definition) is 5. The molecule has 0 aliphatic carbocycles. The number of amides is 1. The van der Waals surface area contributed by atoms with Crippen molar-refractivity contribution < 1.29 is 22.5 Å². The Kier molecular flexibility index (Phi) is 4.06. The van der Waals surface area contributed by atoms with E-state index < -0.39 is 23.3 Å². The van der Waals surface area contributed by atoms with Crippen molar-refractivity contribution in [2.24, 2.45) is 0 Å². The number of rotatable bonds is 3. The molecule has 0 radical (unpaired) electrons. The summed E-state index contributed by atoms with van der Waals surface area (Å²) in [4.78, 5) is 18.0. The molecule has 1 atom stereocenters. The van der Waals surface area contributed by atoms with Crippen molar-refractivity contribution in [1.82, 2.24) is 24.8 Å². The van der Waals surface area contributed by atoms with E-state index in [-0.39, 0.29) is 19.0 Å². The Morgan fingerprint density at radius 3 is 2.79 bits per heavy atom. The molecule has 1 aliphatic rings. The first-order valence-electron chi connectivity index (χ1n) is 7.53. The highest BCUT2D eigenvalue weighted by Crippen LogP contribution is 2.33. The molecule has 0 aromatic carbocycles. The second-order valence-electron chi connectivity index (χ2n) is 5.66. The van der Waals surface area contributed by atoms with Gasteiger partial charge in [0, 0.05) is 25.8 Å². The molecule has 130 valence electrons. The number of hydrogen-bond donors (Lipinski definition) is 0. The van der Waals surface area contributed by atoms with Crippen molar-refractivity contribution in [3.8, 4) is 0 Å². The molecule has 1 saturated heterocycles. The fourth-order valence-corrected chi connectivity index (χ4v) is 2.74. The first kappa shape index (κ1) is 16.5. The number of carbonyl (C=O) groups excluding carboxylic acids is 1. The van der Waals surface area contributed by atoms with Gasteiger partial charge in [0.15, 0.2) is 11.5 Å². The fourth-order valence-electron chi connectivity index (χ4n) is 2.74. The van der Waals surface area contributed by atoms with Crippen LogP contribution in [0.1, 0.15) is 47.0 Å². The summed E-state index contributed by atoms with van der Waals surface area (Å²) in [5.41, 5.74) is -1.57. The van der Waals surface area contributed by atoms with E-state index in [1.165, 1.54) is 4.90 Å². The SMILES string of the molecule is CCn1cc(C(=O)N2CCC(c3nc(C)no3)C2)c(C(F)(F)F)n1. The Labute approximate surface area is 135 Å². The topological polar surface area (TPSA) is 77.0 Å². The summed E-state index contributed by atoms with van der Waals surface area (Å²) in [5.74, 6) is 0.0490. The highest BCUT2D eigenvalue weighted by atomic mass is 19.4. The number of aromatic nitrogens is 4. The summed E-state index contributed by atoms with van der Waals surface area (Å²) in [6, 6.07) is 0. The van der Waals surface area contributed by atoms with E-state index in [1.54, 1.807) is 13.8 Å². The number of alkyl halides is 3. The van der Waals surface area contributed by atoms with Crippen LogP contribution in [0.5, 0.6) is 0 Å². The molecule has 0 saturated carbocycles. The van der Waals surface area contributed by atoms with Crippen LogP contribution in [0, 0.1) is 6.92 Å². The summed E-state index contributed by atoms with van der Waals surface area (Å²) in [6.45, 7) is 4.17. The van der Waals surface area contributed by atoms with Crippen LogP contribution in [0.15, 0.2) is 10.7 Å². The van der Waals surface area contributed by atoms with E-state index in [9.17, 15) is 18.0 Å². The molecule has 1 fully saturated rings. The number of halogens is 3. The standard InChI is InChI=1S/C14H16F3N5O2/c1-3-22-7-10(11(19-22)14(15,16)17)13(23)21-5-4-9(6-21)12-18-8(2)20-24-12/h7,9H,3-6H2,1-2H3. The Morgan fingerprint density at radius 2 is 2.21 bits per heavy atom. The predicted molar refractivity (Wildman–Crippen MR) is 75.2 cm³/mol. The molecule has 0 spiro atoms. The van der Waals surface area contributed by atoms with Crippen molar-refractivity contribution in [1.29, 1.82) is 0 Å². The molecule has 10 heteroatoms. The van der Waals surface area contributed by atoms with Crippen molar-refractivity contribution in [2.75, 3.05) is 13.1 Å². The van der Waals surface area contributed by atoms with Gasteiger partial charge < -0.3 is 9.42 Å². The lowest BCUT2D eigenvalue weighted by Gasteiger charge is -2.16. The lowest BCUT2D eigenvalue weighted by Crippen LogP contribution is -2.30. The monoisotopic (exact) mass is 343 g/mol. The van der Waals surface area contributed by atoms with Crippen LogP contribution in [0.4, 0.5) is 13.2 Å². The first-order valence-corrected chi connectivity index (χ1v) is 7.53. The minimum absolute atomic E-state index is 0.161. The van der Waals surface area contributed by atoms with Gasteiger partial charge >= 0.3 is 6.18 Å². The van der Waals surface area contributed by atoms with Gasteiger partial charge in [0.2, 0.25) is 5.89 Å². The van der Waals surface area contributed by atoms with E-state index in [4.69, 9.17) is 4.52 Å². The number of likely N-dealkylation sites (tertiary alicyclic amines) is 1. The molecule has 1 amide bonds. The largest absolute Gasteiger partial charge is 0.435 e. The fraction of sp³-hybridized carbons (Fsp3) is 0.571. The minimum atomic E-state index is -4.67. The predicted octanol–water partition coefficient (Wildman–Crippen LogP) is 2.24. The Bertz CT molecular complexity index is 752. The summed E-state index contributed by atoms with van der Waals surface area (Å²) < 4.78 is 45.5. The molecule has 0 bridgehead atoms. The normalized spacial score (nSPS) is 18.4. The molecule has 3 rings (SSSR count). The van der Waals surface area contributed by atoms with E-state index >= 15 is 0 Å². The van der Waals surface area contributed by atoms with Gasteiger partial charge in [0.25, 0.3) is 5.91 Å². The van der Waals surface area contributed by atoms with E-state index in [0.29, 0.717) is 24.7 Å². The summed E-state index contributed by atoms with van der Waals surface area (Å²) in [7, 11) is 0. The Hall–Kier alpha value is -2.39. The third kappa shape index (κ3) is 3.00. The van der Waals surface area contributed by atoms with Crippen molar-refractivity contribution >= 4 is 5.91 Å². The summed E-state index contributed by atoms with van der Waals surface area (Å²) >= 11 is 0. The van der Waals surface area contributed by atoms with Crippen LogP contribution >= 0.6 is 0 Å². The Balaban J connectivity index is 1.81. The van der Waals surface area contributed by atoms with Gasteiger partial charge in [0.05, 0.1) is 11.5 Å².